The van der Waals surface area contributed by atoms with Crippen molar-refractivity contribution < 1.29 is 17.6 Å². The van der Waals surface area contributed by atoms with Gasteiger partial charge in [0.05, 0.1) is 0 Å². The summed E-state index contributed by atoms with van der Waals surface area (Å²) in [6.45, 7) is -1.77. The highest BCUT2D eigenvalue weighted by molar-refractivity contribution is 5.00. The summed E-state index contributed by atoms with van der Waals surface area (Å²) in [4.78, 5) is 2.98. The van der Waals surface area contributed by atoms with E-state index < -0.39 is 18.3 Å². The molecule has 0 aromatic carbocycles. The van der Waals surface area contributed by atoms with Crippen molar-refractivity contribution in [1.82, 2.24) is 4.98 Å². The van der Waals surface area contributed by atoms with Crippen molar-refractivity contribution in [2.75, 3.05) is 6.67 Å². The maximum Gasteiger partial charge on any atom is 0.320 e. The fraction of sp³-hybridized carbons (Fsp3) is 0.400. The van der Waals surface area contributed by atoms with E-state index in [1.165, 1.54) is 0 Å². The van der Waals surface area contributed by atoms with E-state index in [0.29, 0.717) is 6.26 Å². The molecule has 1 radical (unpaired) electrons. The molecule has 0 N–H and O–H groups in total. The molecule has 0 saturated heterocycles. The van der Waals surface area contributed by atoms with Gasteiger partial charge < -0.3 is 4.42 Å². The maximum atomic E-state index is 12.2. The van der Waals surface area contributed by atoms with Gasteiger partial charge in [0.15, 0.2) is 12.4 Å². The van der Waals surface area contributed by atoms with Gasteiger partial charge in [0.2, 0.25) is 0 Å². The van der Waals surface area contributed by atoms with Gasteiger partial charge in [-0.3, -0.25) is 0 Å². The zero-order chi connectivity index (χ0) is 7.61. The summed E-state index contributed by atoms with van der Waals surface area (Å²) in [5.74, 6) is -3.54. The Morgan fingerprint density at radius 1 is 1.70 bits per heavy atom. The summed E-state index contributed by atoms with van der Waals surface area (Å²) in [5.41, 5.74) is -0.727. The van der Waals surface area contributed by atoms with Crippen LogP contribution in [0.1, 0.15) is 5.69 Å². The molecule has 10 heavy (non-hydrogen) atoms. The van der Waals surface area contributed by atoms with Crippen LogP contribution < -0.4 is 0 Å². The van der Waals surface area contributed by atoms with Gasteiger partial charge in [-0.15, -0.1) is 0 Å². The monoisotopic (exact) mass is 150 g/mol. The summed E-state index contributed by atoms with van der Waals surface area (Å²) in [6.07, 6.45) is 2.46. The Kier molecular flexibility index (Phi) is 1.65. The molecule has 5 heteroatoms. The van der Waals surface area contributed by atoms with Gasteiger partial charge in [0.25, 0.3) is 6.39 Å². The second kappa shape index (κ2) is 2.32. The second-order valence-corrected chi connectivity index (χ2v) is 1.66. The Labute approximate surface area is 54.7 Å². The van der Waals surface area contributed by atoms with E-state index >= 15 is 0 Å². The van der Waals surface area contributed by atoms with Crippen LogP contribution in [0.25, 0.3) is 0 Å². The molecule has 0 fully saturated rings. The maximum absolute atomic E-state index is 12.2. The molecule has 1 heterocycles. The van der Waals surface area contributed by atoms with E-state index in [4.69, 9.17) is 0 Å². The zero-order valence-corrected chi connectivity index (χ0v) is 4.77. The molecule has 0 aliphatic heterocycles. The summed E-state index contributed by atoms with van der Waals surface area (Å²) in [5, 5.41) is 0. The molecule has 0 unspecified atom stereocenters. The van der Waals surface area contributed by atoms with Crippen molar-refractivity contribution >= 4 is 0 Å². The molecule has 1 aromatic rings. The Balaban J connectivity index is 2.85. The van der Waals surface area contributed by atoms with E-state index in [0.717, 1.165) is 0 Å². The lowest BCUT2D eigenvalue weighted by Gasteiger charge is -2.05. The summed E-state index contributed by atoms with van der Waals surface area (Å²) < 4.78 is 40.0. The third kappa shape index (κ3) is 1.12. The van der Waals surface area contributed by atoms with Gasteiger partial charge in [0.1, 0.15) is 6.26 Å². The Morgan fingerprint density at radius 3 is 2.80 bits per heavy atom. The fourth-order valence-electron chi connectivity index (χ4n) is 0.420. The van der Waals surface area contributed by atoms with Crippen molar-refractivity contribution in [1.29, 1.82) is 0 Å². The third-order valence-electron chi connectivity index (χ3n) is 0.932. The highest BCUT2D eigenvalue weighted by Gasteiger charge is 2.34. The van der Waals surface area contributed by atoms with Crippen LogP contribution in [0.5, 0.6) is 0 Å². The predicted molar refractivity (Wildman–Crippen MR) is 25.2 cm³/mol. The molecule has 0 saturated carbocycles. The molecule has 0 bridgehead atoms. The van der Waals surface area contributed by atoms with Crippen molar-refractivity contribution in [2.45, 2.75) is 5.92 Å². The number of halogens is 3. The third-order valence-corrected chi connectivity index (χ3v) is 0.932. The molecule has 2 nitrogen and oxygen atoms in total. The van der Waals surface area contributed by atoms with Gasteiger partial charge in [-0.2, -0.15) is 8.78 Å². The molecular formula is C5H3F3NO. The minimum atomic E-state index is -3.54. The first-order chi connectivity index (χ1) is 4.67. The van der Waals surface area contributed by atoms with Crippen molar-refractivity contribution in [2.24, 2.45) is 0 Å². The fourth-order valence-corrected chi connectivity index (χ4v) is 0.420. The van der Waals surface area contributed by atoms with Gasteiger partial charge in [0, 0.05) is 0 Å². The number of nitrogens with zero attached hydrogens (tertiary/aromatic N) is 1. The normalized spacial score (nSPS) is 11.9. The van der Waals surface area contributed by atoms with E-state index in [-0.39, 0.29) is 0 Å². The first-order valence-corrected chi connectivity index (χ1v) is 2.42. The smallest absolute Gasteiger partial charge is 0.320 e. The molecule has 55 valence electrons. The van der Waals surface area contributed by atoms with Crippen LogP contribution in [0.15, 0.2) is 10.7 Å². The molecule has 0 spiro atoms. The number of aromatic nitrogens is 1. The minimum Gasteiger partial charge on any atom is -0.440 e. The molecule has 1 aromatic heterocycles. The van der Waals surface area contributed by atoms with Crippen LogP contribution in [0.2, 0.25) is 0 Å². The van der Waals surface area contributed by atoms with Crippen LogP contribution >= 0.6 is 0 Å². The number of hydrogen-bond acceptors (Lipinski definition) is 2. The molecule has 0 atom stereocenters. The van der Waals surface area contributed by atoms with Gasteiger partial charge in [-0.25, -0.2) is 9.37 Å². The predicted octanol–water partition coefficient (Wildman–Crippen LogP) is 1.54. The quantitative estimate of drug-likeness (QED) is 0.639. The van der Waals surface area contributed by atoms with Gasteiger partial charge >= 0.3 is 5.92 Å². The lowest BCUT2D eigenvalue weighted by molar-refractivity contribution is -0.0322. The first kappa shape index (κ1) is 7.11. The Hall–Kier alpha value is -1.00. The van der Waals surface area contributed by atoms with Gasteiger partial charge in [-0.05, 0) is 0 Å². The highest BCUT2D eigenvalue weighted by Crippen LogP contribution is 2.25. The molecular weight excluding hydrogens is 147 g/mol. The van der Waals surface area contributed by atoms with E-state index in [9.17, 15) is 13.2 Å². The van der Waals surface area contributed by atoms with Crippen molar-refractivity contribution in [3.63, 3.8) is 0 Å². The van der Waals surface area contributed by atoms with E-state index in [2.05, 4.69) is 9.40 Å². The summed E-state index contributed by atoms with van der Waals surface area (Å²) in [7, 11) is 0. The van der Waals surface area contributed by atoms with Crippen LogP contribution in [0.4, 0.5) is 13.2 Å². The van der Waals surface area contributed by atoms with E-state index in [1.807, 2.05) is 0 Å². The molecule has 1 rings (SSSR count). The van der Waals surface area contributed by atoms with Crippen LogP contribution in [-0.2, 0) is 5.92 Å². The molecule has 0 amide bonds. The van der Waals surface area contributed by atoms with Crippen LogP contribution in [-0.4, -0.2) is 11.7 Å². The van der Waals surface area contributed by atoms with Crippen LogP contribution in [0.3, 0.4) is 0 Å². The highest BCUT2D eigenvalue weighted by atomic mass is 19.3. The largest absolute Gasteiger partial charge is 0.440 e. The molecule has 0 aliphatic rings. The topological polar surface area (TPSA) is 26.0 Å². The first-order valence-electron chi connectivity index (χ1n) is 2.42. The number of hydrogen-bond donors (Lipinski definition) is 0. The Bertz CT molecular complexity index is 197. The number of oxazole rings is 1. The van der Waals surface area contributed by atoms with Crippen molar-refractivity contribution in [3.8, 4) is 0 Å². The van der Waals surface area contributed by atoms with Crippen LogP contribution in [0, 0.1) is 6.39 Å². The standard InChI is InChI=1S/C5H3F3NO/c6-2-5(7,8)4-1-10-3-9-4/h1H,2H2. The zero-order valence-electron chi connectivity index (χ0n) is 4.77. The lowest BCUT2D eigenvalue weighted by atomic mass is 10.3. The average molecular weight is 150 g/mol. The molecule has 0 aliphatic carbocycles. The SMILES string of the molecule is FCC(F)(F)c1co[c]n1. The lowest BCUT2D eigenvalue weighted by Crippen LogP contribution is -2.15. The van der Waals surface area contributed by atoms with Crippen molar-refractivity contribution in [3.05, 3.63) is 18.4 Å². The average Bonchev–Trinajstić information content (AvgIpc) is 2.38. The van der Waals surface area contributed by atoms with E-state index in [1.54, 1.807) is 6.39 Å². The number of alkyl halides is 3. The summed E-state index contributed by atoms with van der Waals surface area (Å²) >= 11 is 0. The Morgan fingerprint density at radius 2 is 2.40 bits per heavy atom. The second-order valence-electron chi connectivity index (χ2n) is 1.66. The minimum absolute atomic E-state index is 0.666. The van der Waals surface area contributed by atoms with Gasteiger partial charge in [-0.1, -0.05) is 0 Å². The summed E-state index contributed by atoms with van der Waals surface area (Å²) in [6, 6.07) is 0. The number of rotatable bonds is 2.